The lowest BCUT2D eigenvalue weighted by Crippen LogP contribution is -2.44. The van der Waals surface area contributed by atoms with Gasteiger partial charge in [-0.25, -0.2) is 12.8 Å². The molecule has 0 radical (unpaired) electrons. The van der Waals surface area contributed by atoms with E-state index in [9.17, 15) is 17.6 Å². The van der Waals surface area contributed by atoms with Crippen molar-refractivity contribution in [3.05, 3.63) is 35.6 Å². The van der Waals surface area contributed by atoms with Gasteiger partial charge in [-0.1, -0.05) is 19.1 Å². The van der Waals surface area contributed by atoms with Gasteiger partial charge in [-0.15, -0.1) is 0 Å². The third kappa shape index (κ3) is 4.06. The summed E-state index contributed by atoms with van der Waals surface area (Å²) in [6.45, 7) is 4.21. The highest BCUT2D eigenvalue weighted by molar-refractivity contribution is 7.91. The number of halogens is 1. The zero-order valence-corrected chi connectivity index (χ0v) is 13.8. The van der Waals surface area contributed by atoms with Gasteiger partial charge in [-0.2, -0.15) is 0 Å². The number of sulfone groups is 1. The van der Waals surface area contributed by atoms with E-state index in [0.29, 0.717) is 19.4 Å². The summed E-state index contributed by atoms with van der Waals surface area (Å²) in [5.74, 6) is -0.361. The SMILES string of the molecule is CCN(C(=O)C(C)Cc1ccc(F)cc1)C1CCS(=O)(=O)C1. The van der Waals surface area contributed by atoms with E-state index in [1.54, 1.807) is 17.0 Å². The van der Waals surface area contributed by atoms with Gasteiger partial charge in [0.05, 0.1) is 11.5 Å². The van der Waals surface area contributed by atoms with E-state index in [1.807, 2.05) is 13.8 Å². The van der Waals surface area contributed by atoms with Crippen molar-refractivity contribution in [2.45, 2.75) is 32.7 Å². The minimum Gasteiger partial charge on any atom is -0.339 e. The van der Waals surface area contributed by atoms with Crippen molar-refractivity contribution in [1.82, 2.24) is 4.90 Å². The monoisotopic (exact) mass is 327 g/mol. The minimum atomic E-state index is -3.01. The molecule has 1 aliphatic heterocycles. The van der Waals surface area contributed by atoms with Gasteiger partial charge in [0.2, 0.25) is 5.91 Å². The first-order chi connectivity index (χ1) is 10.3. The minimum absolute atomic E-state index is 0.0334. The van der Waals surface area contributed by atoms with Crippen LogP contribution < -0.4 is 0 Å². The molecule has 2 rings (SSSR count). The average molecular weight is 327 g/mol. The highest BCUT2D eigenvalue weighted by atomic mass is 32.2. The zero-order chi connectivity index (χ0) is 16.3. The molecule has 0 aromatic heterocycles. The lowest BCUT2D eigenvalue weighted by molar-refractivity contribution is -0.136. The van der Waals surface area contributed by atoms with Crippen molar-refractivity contribution in [1.29, 1.82) is 0 Å². The fourth-order valence-corrected chi connectivity index (χ4v) is 4.69. The Balaban J connectivity index is 2.03. The van der Waals surface area contributed by atoms with Crippen LogP contribution >= 0.6 is 0 Å². The van der Waals surface area contributed by atoms with Crippen molar-refractivity contribution >= 4 is 15.7 Å². The Morgan fingerprint density at radius 1 is 1.36 bits per heavy atom. The first-order valence-corrected chi connectivity index (χ1v) is 9.40. The van der Waals surface area contributed by atoms with Gasteiger partial charge in [-0.05, 0) is 37.5 Å². The number of hydrogen-bond donors (Lipinski definition) is 0. The van der Waals surface area contributed by atoms with Crippen LogP contribution in [0.3, 0.4) is 0 Å². The molecule has 2 atom stereocenters. The lowest BCUT2D eigenvalue weighted by Gasteiger charge is -2.29. The number of carbonyl (C=O) groups excluding carboxylic acids is 1. The molecule has 0 spiro atoms. The van der Waals surface area contributed by atoms with Gasteiger partial charge in [-0.3, -0.25) is 4.79 Å². The predicted octanol–water partition coefficient (Wildman–Crippen LogP) is 2.04. The summed E-state index contributed by atoms with van der Waals surface area (Å²) in [5.41, 5.74) is 0.900. The summed E-state index contributed by atoms with van der Waals surface area (Å²) >= 11 is 0. The number of amides is 1. The summed E-state index contributed by atoms with van der Waals surface area (Å²) < 4.78 is 36.1. The van der Waals surface area contributed by atoms with Crippen molar-refractivity contribution in [2.24, 2.45) is 5.92 Å². The van der Waals surface area contributed by atoms with Crippen LogP contribution in [-0.4, -0.2) is 43.3 Å². The van der Waals surface area contributed by atoms with Gasteiger partial charge in [0.1, 0.15) is 5.82 Å². The van der Waals surface area contributed by atoms with Gasteiger partial charge >= 0.3 is 0 Å². The molecule has 0 bridgehead atoms. The summed E-state index contributed by atoms with van der Waals surface area (Å²) in [7, 11) is -3.01. The van der Waals surface area contributed by atoms with E-state index in [0.717, 1.165) is 5.56 Å². The van der Waals surface area contributed by atoms with Crippen LogP contribution in [0.4, 0.5) is 4.39 Å². The van der Waals surface area contributed by atoms with E-state index >= 15 is 0 Å². The largest absolute Gasteiger partial charge is 0.339 e. The molecule has 1 fully saturated rings. The van der Waals surface area contributed by atoms with E-state index in [1.165, 1.54) is 12.1 Å². The molecule has 0 N–H and O–H groups in total. The fraction of sp³-hybridized carbons (Fsp3) is 0.562. The first-order valence-electron chi connectivity index (χ1n) is 7.57. The van der Waals surface area contributed by atoms with E-state index < -0.39 is 9.84 Å². The number of hydrogen-bond acceptors (Lipinski definition) is 3. The number of benzene rings is 1. The molecular formula is C16H22FNO3S. The van der Waals surface area contributed by atoms with Gasteiger partial charge < -0.3 is 4.90 Å². The molecule has 22 heavy (non-hydrogen) atoms. The second-order valence-electron chi connectivity index (χ2n) is 5.91. The molecule has 1 amide bonds. The third-order valence-electron chi connectivity index (χ3n) is 4.15. The van der Waals surface area contributed by atoms with Crippen LogP contribution in [0.2, 0.25) is 0 Å². The van der Waals surface area contributed by atoms with Crippen molar-refractivity contribution < 1.29 is 17.6 Å². The second-order valence-corrected chi connectivity index (χ2v) is 8.14. The van der Waals surface area contributed by atoms with Crippen LogP contribution in [0, 0.1) is 11.7 Å². The van der Waals surface area contributed by atoms with Crippen molar-refractivity contribution in [3.8, 4) is 0 Å². The summed E-state index contributed by atoms with van der Waals surface area (Å²) in [6.07, 6.45) is 1.04. The van der Waals surface area contributed by atoms with Crippen LogP contribution in [0.1, 0.15) is 25.8 Å². The molecule has 1 aromatic carbocycles. The predicted molar refractivity (Wildman–Crippen MR) is 83.7 cm³/mol. The Bertz CT molecular complexity index is 627. The molecule has 1 aliphatic rings. The first kappa shape index (κ1) is 16.9. The highest BCUT2D eigenvalue weighted by Gasteiger charge is 2.35. The van der Waals surface area contributed by atoms with Crippen LogP contribution in [-0.2, 0) is 21.1 Å². The van der Waals surface area contributed by atoms with E-state index in [2.05, 4.69) is 0 Å². The van der Waals surface area contributed by atoms with Crippen molar-refractivity contribution in [3.63, 3.8) is 0 Å². The van der Waals surface area contributed by atoms with Crippen LogP contribution in [0.5, 0.6) is 0 Å². The standard InChI is InChI=1S/C16H22FNO3S/c1-3-18(15-8-9-22(20,21)11-15)16(19)12(2)10-13-4-6-14(17)7-5-13/h4-7,12,15H,3,8-11H2,1-2H3. The normalized spacial score (nSPS) is 21.5. The Labute approximate surface area is 131 Å². The van der Waals surface area contributed by atoms with Crippen molar-refractivity contribution in [2.75, 3.05) is 18.1 Å². The molecule has 1 heterocycles. The van der Waals surface area contributed by atoms with E-state index in [4.69, 9.17) is 0 Å². The molecular weight excluding hydrogens is 305 g/mol. The Hall–Kier alpha value is -1.43. The van der Waals surface area contributed by atoms with E-state index in [-0.39, 0.29) is 35.2 Å². The quantitative estimate of drug-likeness (QED) is 0.831. The highest BCUT2D eigenvalue weighted by Crippen LogP contribution is 2.21. The maximum absolute atomic E-state index is 12.9. The Morgan fingerprint density at radius 3 is 2.50 bits per heavy atom. The number of nitrogens with zero attached hydrogens (tertiary/aromatic N) is 1. The Kier molecular flexibility index (Phi) is 5.21. The topological polar surface area (TPSA) is 54.5 Å². The second kappa shape index (κ2) is 6.77. The smallest absolute Gasteiger partial charge is 0.226 e. The Morgan fingerprint density at radius 2 is 2.00 bits per heavy atom. The molecule has 1 saturated heterocycles. The third-order valence-corrected chi connectivity index (χ3v) is 5.90. The molecule has 122 valence electrons. The molecule has 4 nitrogen and oxygen atoms in total. The number of carbonyl (C=O) groups is 1. The average Bonchev–Trinajstić information content (AvgIpc) is 2.82. The lowest BCUT2D eigenvalue weighted by atomic mass is 9.99. The maximum atomic E-state index is 12.9. The summed E-state index contributed by atoms with van der Waals surface area (Å²) in [6, 6.07) is 5.91. The molecule has 2 unspecified atom stereocenters. The molecule has 0 saturated carbocycles. The molecule has 1 aromatic rings. The molecule has 6 heteroatoms. The molecule has 0 aliphatic carbocycles. The maximum Gasteiger partial charge on any atom is 0.226 e. The van der Waals surface area contributed by atoms with Crippen LogP contribution in [0.15, 0.2) is 24.3 Å². The fourth-order valence-electron chi connectivity index (χ4n) is 2.96. The van der Waals surface area contributed by atoms with Crippen LogP contribution in [0.25, 0.3) is 0 Å². The van der Waals surface area contributed by atoms with Gasteiger partial charge in [0, 0.05) is 18.5 Å². The summed E-state index contributed by atoms with van der Waals surface area (Å²) in [5, 5.41) is 0. The summed E-state index contributed by atoms with van der Waals surface area (Å²) in [4.78, 5) is 14.3. The van der Waals surface area contributed by atoms with Gasteiger partial charge in [0.25, 0.3) is 0 Å². The van der Waals surface area contributed by atoms with Gasteiger partial charge in [0.15, 0.2) is 9.84 Å². The zero-order valence-electron chi connectivity index (χ0n) is 13.0. The number of rotatable bonds is 5.